The fourth-order valence-electron chi connectivity index (χ4n) is 2.02. The molecule has 0 radical (unpaired) electrons. The van der Waals surface area contributed by atoms with Crippen molar-refractivity contribution < 1.29 is 12.8 Å². The van der Waals surface area contributed by atoms with Crippen LogP contribution in [-0.4, -0.2) is 25.2 Å². The average molecular weight is 330 g/mol. The maximum atomic E-state index is 12.6. The van der Waals surface area contributed by atoms with Crippen molar-refractivity contribution in [3.8, 4) is 0 Å². The first-order valence-corrected chi connectivity index (χ1v) is 8.77. The van der Waals surface area contributed by atoms with Crippen LogP contribution in [-0.2, 0) is 16.6 Å². The highest BCUT2D eigenvalue weighted by molar-refractivity contribution is 7.93. The molecule has 0 saturated carbocycles. The molecule has 2 aromatic rings. The van der Waals surface area contributed by atoms with Gasteiger partial charge in [0.1, 0.15) is 21.4 Å². The molecule has 2 rings (SSSR count). The van der Waals surface area contributed by atoms with Crippen LogP contribution in [0.3, 0.4) is 0 Å². The third-order valence-corrected chi connectivity index (χ3v) is 5.31. The minimum atomic E-state index is -3.75. The van der Waals surface area contributed by atoms with E-state index in [9.17, 15) is 8.42 Å². The number of rotatable bonds is 6. The summed E-state index contributed by atoms with van der Waals surface area (Å²) in [7, 11) is -3.75. The van der Waals surface area contributed by atoms with Gasteiger partial charge in [0.25, 0.3) is 10.0 Å². The van der Waals surface area contributed by atoms with Crippen molar-refractivity contribution in [2.75, 3.05) is 11.3 Å². The number of hydrogen-bond donors (Lipinski definition) is 2. The van der Waals surface area contributed by atoms with Crippen molar-refractivity contribution in [3.63, 3.8) is 0 Å². The van der Waals surface area contributed by atoms with E-state index in [1.807, 2.05) is 6.92 Å². The Balaban J connectivity index is 2.39. The van der Waals surface area contributed by atoms with Crippen molar-refractivity contribution in [1.29, 1.82) is 0 Å². The van der Waals surface area contributed by atoms with Crippen molar-refractivity contribution in [2.24, 2.45) is 0 Å². The minimum Gasteiger partial charge on any atom is -0.465 e. The number of aromatic nitrogens is 2. The molecule has 0 aromatic carbocycles. The fraction of sp³-hybridized carbons (Fsp3) is 0.500. The highest BCUT2D eigenvalue weighted by Crippen LogP contribution is 2.29. The molecule has 0 saturated heterocycles. The molecule has 0 amide bonds. The van der Waals surface area contributed by atoms with Crippen LogP contribution >= 0.6 is 11.3 Å². The number of nitrogens with zero attached hydrogens (tertiary/aromatic N) is 2. The molecule has 116 valence electrons. The van der Waals surface area contributed by atoms with Gasteiger partial charge in [0.05, 0.1) is 0 Å². The lowest BCUT2D eigenvalue weighted by molar-refractivity contribution is 0.493. The Morgan fingerprint density at radius 3 is 2.48 bits per heavy atom. The summed E-state index contributed by atoms with van der Waals surface area (Å²) in [6, 6.07) is 0. The van der Waals surface area contributed by atoms with Crippen LogP contribution in [0.2, 0.25) is 0 Å². The average Bonchev–Trinajstić information content (AvgIpc) is 2.90. The van der Waals surface area contributed by atoms with Gasteiger partial charge in [-0.1, -0.05) is 18.3 Å². The predicted molar refractivity (Wildman–Crippen MR) is 81.0 cm³/mol. The molecule has 0 spiro atoms. The molecular weight excluding hydrogens is 312 g/mol. The summed E-state index contributed by atoms with van der Waals surface area (Å²) in [5, 5.41) is 11.7. The van der Waals surface area contributed by atoms with E-state index in [4.69, 9.17) is 4.42 Å². The van der Waals surface area contributed by atoms with Crippen LogP contribution in [0, 0.1) is 20.8 Å². The summed E-state index contributed by atoms with van der Waals surface area (Å²) in [6.07, 6.45) is 0. The number of nitrogens with one attached hydrogen (secondary N) is 2. The molecule has 2 N–H and O–H groups in total. The first-order chi connectivity index (χ1) is 9.85. The normalized spacial score (nSPS) is 11.8. The second-order valence-corrected chi connectivity index (χ2v) is 7.34. The van der Waals surface area contributed by atoms with Crippen molar-refractivity contribution in [1.82, 2.24) is 15.5 Å². The Morgan fingerprint density at radius 2 is 1.90 bits per heavy atom. The molecule has 0 fully saturated rings. The summed E-state index contributed by atoms with van der Waals surface area (Å²) in [5.74, 6) is 0.969. The summed E-state index contributed by atoms with van der Waals surface area (Å²) in [5.41, 5.74) is 0.642. The van der Waals surface area contributed by atoms with Gasteiger partial charge in [-0.3, -0.25) is 4.72 Å². The van der Waals surface area contributed by atoms with Crippen LogP contribution in [0.5, 0.6) is 0 Å². The first kappa shape index (κ1) is 15.9. The number of anilines is 1. The van der Waals surface area contributed by atoms with E-state index in [2.05, 4.69) is 20.2 Å². The van der Waals surface area contributed by atoms with Crippen molar-refractivity contribution >= 4 is 26.5 Å². The highest BCUT2D eigenvalue weighted by Gasteiger charge is 2.27. The van der Waals surface area contributed by atoms with E-state index in [-0.39, 0.29) is 10.0 Å². The third-order valence-electron chi connectivity index (χ3n) is 2.89. The molecular formula is C12H18N4O3S2. The van der Waals surface area contributed by atoms with E-state index >= 15 is 0 Å². The Labute approximate surface area is 127 Å². The molecule has 0 aliphatic carbocycles. The maximum absolute atomic E-state index is 12.6. The SMILES string of the molecule is CCNCc1c(C)oc(C)c1S(=O)(=O)Nc1nnc(C)s1. The smallest absolute Gasteiger partial charge is 0.267 e. The molecule has 21 heavy (non-hydrogen) atoms. The summed E-state index contributed by atoms with van der Waals surface area (Å²) >= 11 is 1.19. The zero-order chi connectivity index (χ0) is 15.6. The van der Waals surface area contributed by atoms with E-state index in [1.165, 1.54) is 11.3 Å². The van der Waals surface area contributed by atoms with Gasteiger partial charge >= 0.3 is 0 Å². The summed E-state index contributed by atoms with van der Waals surface area (Å²) < 4.78 is 33.1. The molecule has 9 heteroatoms. The van der Waals surface area contributed by atoms with Gasteiger partial charge in [-0.25, -0.2) is 8.42 Å². The van der Waals surface area contributed by atoms with E-state index in [1.54, 1.807) is 20.8 Å². The molecule has 2 aromatic heterocycles. The number of sulfonamides is 1. The Morgan fingerprint density at radius 1 is 1.19 bits per heavy atom. The monoisotopic (exact) mass is 330 g/mol. The van der Waals surface area contributed by atoms with Gasteiger partial charge < -0.3 is 9.73 Å². The maximum Gasteiger partial charge on any atom is 0.267 e. The van der Waals surface area contributed by atoms with E-state index in [0.29, 0.717) is 28.6 Å². The van der Waals surface area contributed by atoms with E-state index in [0.717, 1.165) is 6.54 Å². The molecule has 7 nitrogen and oxygen atoms in total. The lowest BCUT2D eigenvalue weighted by Crippen LogP contribution is -2.19. The largest absolute Gasteiger partial charge is 0.465 e. The van der Waals surface area contributed by atoms with Crippen LogP contribution in [0.1, 0.15) is 29.0 Å². The van der Waals surface area contributed by atoms with Gasteiger partial charge in [-0.2, -0.15) is 0 Å². The topological polar surface area (TPSA) is 97.1 Å². The Bertz CT molecular complexity index is 734. The summed E-state index contributed by atoms with van der Waals surface area (Å²) in [6.45, 7) is 8.30. The first-order valence-electron chi connectivity index (χ1n) is 6.47. The summed E-state index contributed by atoms with van der Waals surface area (Å²) in [4.78, 5) is 0.175. The number of aryl methyl sites for hydroxylation is 3. The van der Waals surface area contributed by atoms with Crippen LogP contribution < -0.4 is 10.0 Å². The van der Waals surface area contributed by atoms with Crippen LogP contribution in [0.25, 0.3) is 0 Å². The number of hydrogen-bond acceptors (Lipinski definition) is 7. The standard InChI is InChI=1S/C12H18N4O3S2/c1-5-13-6-10-7(2)19-8(3)11(10)21(17,18)16-12-15-14-9(4)20-12/h13H,5-6H2,1-4H3,(H,15,16). The Kier molecular flexibility index (Phi) is 4.64. The predicted octanol–water partition coefficient (Wildman–Crippen LogP) is 1.97. The molecule has 0 bridgehead atoms. The molecule has 0 aliphatic heterocycles. The highest BCUT2D eigenvalue weighted by atomic mass is 32.2. The van der Waals surface area contributed by atoms with Gasteiger partial charge in [-0.15, -0.1) is 10.2 Å². The quantitative estimate of drug-likeness (QED) is 0.840. The van der Waals surface area contributed by atoms with Gasteiger partial charge in [0.2, 0.25) is 5.13 Å². The van der Waals surface area contributed by atoms with E-state index < -0.39 is 10.0 Å². The van der Waals surface area contributed by atoms with Crippen LogP contribution in [0.4, 0.5) is 5.13 Å². The zero-order valence-electron chi connectivity index (χ0n) is 12.3. The van der Waals surface area contributed by atoms with Crippen molar-refractivity contribution in [3.05, 3.63) is 22.1 Å². The van der Waals surface area contributed by atoms with Gasteiger partial charge in [0, 0.05) is 12.1 Å². The zero-order valence-corrected chi connectivity index (χ0v) is 14.0. The third kappa shape index (κ3) is 3.42. The Hall–Kier alpha value is -1.45. The van der Waals surface area contributed by atoms with Gasteiger partial charge in [-0.05, 0) is 27.3 Å². The molecule has 0 atom stereocenters. The van der Waals surface area contributed by atoms with Crippen molar-refractivity contribution in [2.45, 2.75) is 39.1 Å². The van der Waals surface area contributed by atoms with Gasteiger partial charge in [0.15, 0.2) is 0 Å². The molecule has 2 heterocycles. The lowest BCUT2D eigenvalue weighted by atomic mass is 10.2. The fourth-order valence-corrected chi connectivity index (χ4v) is 4.29. The number of furan rings is 1. The molecule has 0 aliphatic rings. The molecule has 0 unspecified atom stereocenters. The second-order valence-electron chi connectivity index (χ2n) is 4.53. The van der Waals surface area contributed by atoms with Crippen LogP contribution in [0.15, 0.2) is 9.31 Å². The minimum absolute atomic E-state index is 0.175. The lowest BCUT2D eigenvalue weighted by Gasteiger charge is -2.07. The second kappa shape index (κ2) is 6.12.